The Bertz CT molecular complexity index is 472. The Morgan fingerprint density at radius 2 is 2.05 bits per heavy atom. The Balaban J connectivity index is 2.17. The molecule has 1 fully saturated rings. The highest BCUT2D eigenvalue weighted by Crippen LogP contribution is 2.35. The number of halogens is 1. The van der Waals surface area contributed by atoms with E-state index >= 15 is 0 Å². The summed E-state index contributed by atoms with van der Waals surface area (Å²) < 4.78 is 6.68. The van der Waals surface area contributed by atoms with Crippen LogP contribution in [0.3, 0.4) is 0 Å². The van der Waals surface area contributed by atoms with Crippen LogP contribution in [0.5, 0.6) is 5.75 Å². The van der Waals surface area contributed by atoms with Crippen molar-refractivity contribution < 1.29 is 14.6 Å². The average molecular weight is 327 g/mol. The summed E-state index contributed by atoms with van der Waals surface area (Å²) >= 11 is 3.38. The molecule has 4 heteroatoms. The Morgan fingerprint density at radius 1 is 1.32 bits per heavy atom. The Kier molecular flexibility index (Phi) is 4.50. The van der Waals surface area contributed by atoms with E-state index < -0.39 is 5.97 Å². The predicted octanol–water partition coefficient (Wildman–Crippen LogP) is 4.35. The van der Waals surface area contributed by atoms with Gasteiger partial charge in [-0.3, -0.25) is 0 Å². The lowest BCUT2D eigenvalue weighted by atomic mass is 9.80. The summed E-state index contributed by atoms with van der Waals surface area (Å²) in [5.41, 5.74) is 0.223. The van der Waals surface area contributed by atoms with Crippen molar-refractivity contribution in [3.63, 3.8) is 0 Å². The van der Waals surface area contributed by atoms with Crippen molar-refractivity contribution in [2.24, 2.45) is 11.8 Å². The third kappa shape index (κ3) is 3.30. The number of rotatable bonds is 3. The van der Waals surface area contributed by atoms with Gasteiger partial charge in [0.15, 0.2) is 0 Å². The number of carboxylic acid groups (broad SMARTS) is 1. The Labute approximate surface area is 122 Å². The normalized spacial score (nSPS) is 27.0. The van der Waals surface area contributed by atoms with Gasteiger partial charge in [-0.25, -0.2) is 4.79 Å². The van der Waals surface area contributed by atoms with Crippen molar-refractivity contribution in [1.29, 1.82) is 0 Å². The first-order valence-electron chi connectivity index (χ1n) is 6.67. The average Bonchev–Trinajstić information content (AvgIpc) is 2.36. The third-order valence-corrected chi connectivity index (χ3v) is 4.66. The molecule has 3 atom stereocenters. The molecule has 1 aliphatic rings. The smallest absolute Gasteiger partial charge is 0.339 e. The zero-order chi connectivity index (χ0) is 14.0. The standard InChI is InChI=1S/C15H19BrO3/c1-9-6-7-11(8-10(9)2)19-14-12(15(17)18)4-3-5-13(14)16/h3-5,9-11H,6-8H2,1-2H3,(H,17,18). The summed E-state index contributed by atoms with van der Waals surface area (Å²) in [6, 6.07) is 5.11. The van der Waals surface area contributed by atoms with E-state index in [0.717, 1.165) is 25.2 Å². The molecule has 0 radical (unpaired) electrons. The van der Waals surface area contributed by atoms with Gasteiger partial charge in [-0.1, -0.05) is 19.9 Å². The summed E-state index contributed by atoms with van der Waals surface area (Å²) in [4.78, 5) is 11.2. The van der Waals surface area contributed by atoms with Gasteiger partial charge in [0.1, 0.15) is 11.3 Å². The van der Waals surface area contributed by atoms with Crippen LogP contribution in [0.15, 0.2) is 22.7 Å². The number of benzene rings is 1. The maximum absolute atomic E-state index is 11.2. The van der Waals surface area contributed by atoms with E-state index in [-0.39, 0.29) is 11.7 Å². The molecule has 0 saturated heterocycles. The number of aromatic carboxylic acids is 1. The van der Waals surface area contributed by atoms with Gasteiger partial charge in [0.2, 0.25) is 0 Å². The van der Waals surface area contributed by atoms with Crippen LogP contribution in [0.1, 0.15) is 43.5 Å². The molecule has 0 amide bonds. The zero-order valence-electron chi connectivity index (χ0n) is 11.2. The van der Waals surface area contributed by atoms with Crippen molar-refractivity contribution >= 4 is 21.9 Å². The highest BCUT2D eigenvalue weighted by Gasteiger charge is 2.27. The predicted molar refractivity (Wildman–Crippen MR) is 77.7 cm³/mol. The van der Waals surface area contributed by atoms with E-state index in [1.165, 1.54) is 0 Å². The maximum Gasteiger partial charge on any atom is 0.339 e. The molecule has 3 nitrogen and oxygen atoms in total. The highest BCUT2D eigenvalue weighted by molar-refractivity contribution is 9.10. The summed E-state index contributed by atoms with van der Waals surface area (Å²) in [5.74, 6) is 0.850. The Hall–Kier alpha value is -1.03. The molecule has 19 heavy (non-hydrogen) atoms. The van der Waals surface area contributed by atoms with Gasteiger partial charge in [0.25, 0.3) is 0 Å². The summed E-state index contributed by atoms with van der Waals surface area (Å²) in [6.07, 6.45) is 3.23. The summed E-state index contributed by atoms with van der Waals surface area (Å²) in [6.45, 7) is 4.50. The molecule has 0 aromatic heterocycles. The molecule has 1 N–H and O–H groups in total. The minimum Gasteiger partial charge on any atom is -0.488 e. The number of carbonyl (C=O) groups is 1. The number of carboxylic acids is 1. The Morgan fingerprint density at radius 3 is 2.68 bits per heavy atom. The first-order valence-corrected chi connectivity index (χ1v) is 7.46. The van der Waals surface area contributed by atoms with Crippen LogP contribution in [-0.2, 0) is 0 Å². The molecule has 0 aliphatic heterocycles. The van der Waals surface area contributed by atoms with Crippen molar-refractivity contribution in [2.75, 3.05) is 0 Å². The van der Waals surface area contributed by atoms with Crippen molar-refractivity contribution in [1.82, 2.24) is 0 Å². The van der Waals surface area contributed by atoms with Crippen molar-refractivity contribution in [3.8, 4) is 5.75 Å². The topological polar surface area (TPSA) is 46.5 Å². The van der Waals surface area contributed by atoms with Gasteiger partial charge in [-0.2, -0.15) is 0 Å². The fourth-order valence-corrected chi connectivity index (χ4v) is 3.03. The molecule has 2 rings (SSSR count). The van der Waals surface area contributed by atoms with E-state index in [4.69, 9.17) is 4.74 Å². The van der Waals surface area contributed by atoms with E-state index in [1.807, 2.05) is 6.07 Å². The van der Waals surface area contributed by atoms with Crippen molar-refractivity contribution in [3.05, 3.63) is 28.2 Å². The molecule has 1 aromatic carbocycles. The molecule has 104 valence electrons. The minimum absolute atomic E-state index is 0.114. The molecule has 0 heterocycles. The lowest BCUT2D eigenvalue weighted by Crippen LogP contribution is -2.29. The van der Waals surface area contributed by atoms with Gasteiger partial charge < -0.3 is 9.84 Å². The van der Waals surface area contributed by atoms with Crippen LogP contribution >= 0.6 is 15.9 Å². The number of hydrogen-bond acceptors (Lipinski definition) is 2. The third-order valence-electron chi connectivity index (χ3n) is 4.03. The van der Waals surface area contributed by atoms with E-state index in [0.29, 0.717) is 16.1 Å². The van der Waals surface area contributed by atoms with E-state index in [1.54, 1.807) is 12.1 Å². The molecule has 0 bridgehead atoms. The first-order chi connectivity index (χ1) is 8.99. The molecule has 1 saturated carbocycles. The SMILES string of the molecule is CC1CCC(Oc2c(Br)cccc2C(=O)O)CC1C. The number of hydrogen-bond donors (Lipinski definition) is 1. The maximum atomic E-state index is 11.2. The van der Waals surface area contributed by atoms with Crippen LogP contribution in [0.2, 0.25) is 0 Å². The fraction of sp³-hybridized carbons (Fsp3) is 0.533. The molecule has 0 spiro atoms. The van der Waals surface area contributed by atoms with Gasteiger partial charge >= 0.3 is 5.97 Å². The van der Waals surface area contributed by atoms with Crippen LogP contribution in [0.25, 0.3) is 0 Å². The van der Waals surface area contributed by atoms with E-state index in [9.17, 15) is 9.90 Å². The van der Waals surface area contributed by atoms with Crippen LogP contribution in [0, 0.1) is 11.8 Å². The molecule has 1 aromatic rings. The van der Waals surface area contributed by atoms with Gasteiger partial charge in [0.05, 0.1) is 10.6 Å². The summed E-state index contributed by atoms with van der Waals surface area (Å²) in [5, 5.41) is 9.21. The lowest BCUT2D eigenvalue weighted by molar-refractivity contribution is 0.0675. The van der Waals surface area contributed by atoms with Crippen LogP contribution in [-0.4, -0.2) is 17.2 Å². The monoisotopic (exact) mass is 326 g/mol. The lowest BCUT2D eigenvalue weighted by Gasteiger charge is -2.32. The van der Waals surface area contributed by atoms with E-state index in [2.05, 4.69) is 29.8 Å². The summed E-state index contributed by atoms with van der Waals surface area (Å²) in [7, 11) is 0. The second kappa shape index (κ2) is 5.95. The second-order valence-corrected chi connectivity index (χ2v) is 6.28. The number of para-hydroxylation sites is 1. The molecular formula is C15H19BrO3. The largest absolute Gasteiger partial charge is 0.488 e. The van der Waals surface area contributed by atoms with Crippen molar-refractivity contribution in [2.45, 2.75) is 39.2 Å². The van der Waals surface area contributed by atoms with Crippen LogP contribution in [0.4, 0.5) is 0 Å². The van der Waals surface area contributed by atoms with Gasteiger partial charge in [0, 0.05) is 0 Å². The molecule has 3 unspecified atom stereocenters. The van der Waals surface area contributed by atoms with Crippen LogP contribution < -0.4 is 4.74 Å². The highest BCUT2D eigenvalue weighted by atomic mass is 79.9. The molecular weight excluding hydrogens is 308 g/mol. The fourth-order valence-electron chi connectivity index (χ4n) is 2.57. The quantitative estimate of drug-likeness (QED) is 0.898. The van der Waals surface area contributed by atoms with Gasteiger partial charge in [-0.05, 0) is 59.2 Å². The minimum atomic E-state index is -0.950. The number of ether oxygens (including phenoxy) is 1. The van der Waals surface area contributed by atoms with Gasteiger partial charge in [-0.15, -0.1) is 0 Å². The zero-order valence-corrected chi connectivity index (χ0v) is 12.8. The molecule has 1 aliphatic carbocycles. The first kappa shape index (κ1) is 14.4. The second-order valence-electron chi connectivity index (χ2n) is 5.43.